The van der Waals surface area contributed by atoms with Crippen LogP contribution >= 0.6 is 22.6 Å². The summed E-state index contributed by atoms with van der Waals surface area (Å²) >= 11 is 2.00. The highest BCUT2D eigenvalue weighted by atomic mass is 127. The number of hydrogen-bond donors (Lipinski definition) is 1. The van der Waals surface area contributed by atoms with Gasteiger partial charge in [0, 0.05) is 18.1 Å². The number of rotatable bonds is 5. The number of ether oxygens (including phenoxy) is 1. The summed E-state index contributed by atoms with van der Waals surface area (Å²) in [5.41, 5.74) is 0.749. The lowest BCUT2D eigenvalue weighted by atomic mass is 9.51. The molecule has 1 N–H and O–H groups in total. The molecular weight excluding hydrogens is 705 g/mol. The molecule has 4 amide bonds. The number of nitro groups is 1. The number of methoxy groups -OCH3 is 1. The van der Waals surface area contributed by atoms with E-state index in [4.69, 9.17) is 4.74 Å². The van der Waals surface area contributed by atoms with Crippen LogP contribution in [0.1, 0.15) is 31.2 Å². The molecule has 3 fully saturated rings. The van der Waals surface area contributed by atoms with Crippen LogP contribution in [-0.4, -0.2) is 40.8 Å². The van der Waals surface area contributed by atoms with Crippen molar-refractivity contribution in [3.8, 4) is 11.5 Å². The van der Waals surface area contributed by atoms with E-state index >= 15 is 0 Å². The van der Waals surface area contributed by atoms with Crippen LogP contribution in [0.25, 0.3) is 0 Å². The van der Waals surface area contributed by atoms with Crippen molar-refractivity contribution in [2.45, 2.75) is 25.7 Å². The number of phenolic OH excluding ortho intramolecular Hbond substituents is 1. The number of halogens is 1. The van der Waals surface area contributed by atoms with Gasteiger partial charge >= 0.3 is 0 Å². The molecule has 46 heavy (non-hydrogen) atoms. The first-order valence-electron chi connectivity index (χ1n) is 14.8. The molecule has 234 valence electrons. The molecule has 2 heterocycles. The summed E-state index contributed by atoms with van der Waals surface area (Å²) in [4.78, 5) is 69.7. The molecule has 7 rings (SSSR count). The highest BCUT2D eigenvalue weighted by molar-refractivity contribution is 14.1. The maximum Gasteiger partial charge on any atom is 0.269 e. The number of para-hydroxylation sites is 1. The number of hydrogen-bond acceptors (Lipinski definition) is 8. The summed E-state index contributed by atoms with van der Waals surface area (Å²) in [6, 6.07) is 17.5. The third-order valence-corrected chi connectivity index (χ3v) is 11.0. The van der Waals surface area contributed by atoms with E-state index in [0.29, 0.717) is 14.8 Å². The number of amides is 4. The van der Waals surface area contributed by atoms with E-state index < -0.39 is 51.7 Å². The van der Waals surface area contributed by atoms with Gasteiger partial charge in [0.05, 0.1) is 50.1 Å². The Morgan fingerprint density at radius 2 is 1.61 bits per heavy atom. The molecule has 2 aliphatic heterocycles. The van der Waals surface area contributed by atoms with Gasteiger partial charge in [-0.25, -0.2) is 4.90 Å². The van der Waals surface area contributed by atoms with E-state index in [2.05, 4.69) is 0 Å². The molecule has 0 aromatic heterocycles. The van der Waals surface area contributed by atoms with Crippen LogP contribution in [0.2, 0.25) is 0 Å². The number of nitrogens with zero attached hydrogens (tertiary/aromatic N) is 3. The second-order valence-corrected chi connectivity index (χ2v) is 13.5. The molecule has 0 radical (unpaired) electrons. The van der Waals surface area contributed by atoms with Crippen molar-refractivity contribution < 1.29 is 33.9 Å². The minimum absolute atomic E-state index is 0.0476. The van der Waals surface area contributed by atoms with Gasteiger partial charge in [-0.2, -0.15) is 0 Å². The Labute approximate surface area is 277 Å². The smallest absolute Gasteiger partial charge is 0.269 e. The van der Waals surface area contributed by atoms with Gasteiger partial charge < -0.3 is 9.84 Å². The Hall–Kier alpha value is -4.59. The third-order valence-electron chi connectivity index (χ3n) is 10.2. The van der Waals surface area contributed by atoms with Crippen molar-refractivity contribution in [1.82, 2.24) is 0 Å². The van der Waals surface area contributed by atoms with E-state index in [1.54, 1.807) is 49.4 Å². The van der Waals surface area contributed by atoms with E-state index in [1.807, 2.05) is 28.7 Å². The number of nitro benzene ring substituents is 1. The van der Waals surface area contributed by atoms with Crippen LogP contribution in [0.5, 0.6) is 11.5 Å². The topological polar surface area (TPSA) is 147 Å². The fourth-order valence-corrected chi connectivity index (χ4v) is 8.74. The van der Waals surface area contributed by atoms with Crippen LogP contribution < -0.4 is 14.5 Å². The van der Waals surface area contributed by atoms with E-state index in [0.717, 1.165) is 10.5 Å². The second kappa shape index (κ2) is 10.7. The minimum Gasteiger partial charge on any atom is -0.504 e. The fraction of sp³-hybridized carbons (Fsp3) is 0.294. The average Bonchev–Trinajstić information content (AvgIpc) is 3.42. The highest BCUT2D eigenvalue weighted by Gasteiger charge is 2.67. The number of carbonyl (C=O) groups is 4. The summed E-state index contributed by atoms with van der Waals surface area (Å²) < 4.78 is 5.98. The van der Waals surface area contributed by atoms with Gasteiger partial charge in [-0.05, 0) is 90.2 Å². The maximum atomic E-state index is 14.5. The van der Waals surface area contributed by atoms with Crippen molar-refractivity contribution in [3.63, 3.8) is 0 Å². The van der Waals surface area contributed by atoms with Gasteiger partial charge in [-0.3, -0.25) is 34.2 Å². The van der Waals surface area contributed by atoms with E-state index in [-0.39, 0.29) is 47.5 Å². The molecule has 11 nitrogen and oxygen atoms in total. The lowest BCUT2D eigenvalue weighted by molar-refractivity contribution is -0.384. The molecule has 0 unspecified atom stereocenters. The number of anilines is 2. The number of phenols is 1. The number of carbonyl (C=O) groups excluding carboxylic acids is 4. The Morgan fingerprint density at radius 1 is 0.935 bits per heavy atom. The van der Waals surface area contributed by atoms with Crippen LogP contribution in [0, 0.1) is 42.8 Å². The largest absolute Gasteiger partial charge is 0.504 e. The molecule has 3 aromatic rings. The Bertz CT molecular complexity index is 1880. The van der Waals surface area contributed by atoms with Crippen LogP contribution in [-0.2, 0) is 19.2 Å². The first-order chi connectivity index (χ1) is 22.0. The minimum atomic E-state index is -1.24. The molecule has 2 saturated heterocycles. The SMILES string of the molecule is COc1cc([C@H]2C3=CC[C@@H]4C(=O)N(c5ccc([N+](=O)[O-])cc5)C(=O)[C@@H]4[C@@H]3C[C@H]3C(=O)N(c4ccccc4)C(=O)[C@@]23C)cc(I)c1O. The van der Waals surface area contributed by atoms with Gasteiger partial charge in [-0.1, -0.05) is 29.8 Å². The number of fused-ring (bicyclic) bond motifs is 4. The fourth-order valence-electron chi connectivity index (χ4n) is 8.11. The van der Waals surface area contributed by atoms with Gasteiger partial charge in [0.25, 0.3) is 5.69 Å². The first kappa shape index (κ1) is 30.1. The first-order valence-corrected chi connectivity index (χ1v) is 15.9. The van der Waals surface area contributed by atoms with Crippen molar-refractivity contribution >= 4 is 63.3 Å². The Kier molecular flexibility index (Phi) is 7.03. The zero-order valence-corrected chi connectivity index (χ0v) is 26.9. The highest BCUT2D eigenvalue weighted by Crippen LogP contribution is 2.64. The average molecular weight is 734 g/mol. The molecule has 1 saturated carbocycles. The van der Waals surface area contributed by atoms with Crippen LogP contribution in [0.4, 0.5) is 17.1 Å². The van der Waals surface area contributed by atoms with Crippen molar-refractivity contribution in [3.05, 3.63) is 97.6 Å². The summed E-state index contributed by atoms with van der Waals surface area (Å²) in [5.74, 6) is -4.87. The van der Waals surface area contributed by atoms with Crippen molar-refractivity contribution in [2.75, 3.05) is 16.9 Å². The summed E-state index contributed by atoms with van der Waals surface area (Å²) in [7, 11) is 1.44. The monoisotopic (exact) mass is 733 g/mol. The number of non-ortho nitro benzene ring substituents is 1. The quantitative estimate of drug-likeness (QED) is 0.121. The molecule has 6 atom stereocenters. The summed E-state index contributed by atoms with van der Waals surface area (Å²) in [5, 5.41) is 21.9. The molecule has 2 aliphatic carbocycles. The molecule has 0 bridgehead atoms. The van der Waals surface area contributed by atoms with Crippen LogP contribution in [0.15, 0.2) is 78.4 Å². The molecule has 4 aliphatic rings. The lowest BCUT2D eigenvalue weighted by Gasteiger charge is -2.49. The second-order valence-electron chi connectivity index (χ2n) is 12.3. The molecule has 3 aromatic carbocycles. The zero-order chi connectivity index (χ0) is 32.7. The van der Waals surface area contributed by atoms with Gasteiger partial charge in [-0.15, -0.1) is 0 Å². The van der Waals surface area contributed by atoms with E-state index in [9.17, 15) is 34.4 Å². The third kappa shape index (κ3) is 4.15. The molecule has 12 heteroatoms. The zero-order valence-electron chi connectivity index (χ0n) is 24.8. The number of aromatic hydroxyl groups is 1. The number of imide groups is 2. The van der Waals surface area contributed by atoms with Gasteiger partial charge in [0.1, 0.15) is 0 Å². The Morgan fingerprint density at radius 3 is 2.26 bits per heavy atom. The van der Waals surface area contributed by atoms with Crippen molar-refractivity contribution in [2.24, 2.45) is 29.1 Å². The summed E-state index contributed by atoms with van der Waals surface area (Å²) in [6.45, 7) is 1.80. The van der Waals surface area contributed by atoms with Gasteiger partial charge in [0.2, 0.25) is 23.6 Å². The van der Waals surface area contributed by atoms with E-state index in [1.165, 1.54) is 36.3 Å². The maximum absolute atomic E-state index is 14.5. The number of allylic oxidation sites excluding steroid dienone is 2. The summed E-state index contributed by atoms with van der Waals surface area (Å²) in [6.07, 6.45) is 2.38. The van der Waals surface area contributed by atoms with Crippen LogP contribution in [0.3, 0.4) is 0 Å². The molecule has 0 spiro atoms. The molecular formula is C34H28IN3O8. The number of benzene rings is 3. The lowest BCUT2D eigenvalue weighted by Crippen LogP contribution is -2.48. The predicted molar refractivity (Wildman–Crippen MR) is 174 cm³/mol. The van der Waals surface area contributed by atoms with Crippen molar-refractivity contribution in [1.29, 1.82) is 0 Å². The van der Waals surface area contributed by atoms with Gasteiger partial charge in [0.15, 0.2) is 11.5 Å². The Balaban J connectivity index is 1.37. The standard InChI is InChI=1S/C34H28IN3O8/c1-34-24(31(41)37(33(34)43)18-6-4-3-5-7-18)16-23-21(28(34)17-14-25(35)29(39)26(15-17)46-2)12-13-22-27(23)32(42)36(30(22)40)19-8-10-20(11-9-19)38(44)45/h3-12,14-15,22-24,27-28,39H,13,16H2,1-2H3/t22-,23+,24-,27-,28-,34+/m0/s1. The predicted octanol–water partition coefficient (Wildman–Crippen LogP) is 5.35. The normalized spacial score (nSPS) is 28.5.